The molecule has 0 spiro atoms. The molecule has 0 aromatic rings. The van der Waals surface area contributed by atoms with E-state index in [1.165, 1.54) is 57.9 Å². The van der Waals surface area contributed by atoms with Crippen LogP contribution in [0, 0.1) is 0 Å². The van der Waals surface area contributed by atoms with Gasteiger partial charge in [-0.25, -0.2) is 0 Å². The highest BCUT2D eigenvalue weighted by atomic mass is 16.5. The molecule has 1 aliphatic carbocycles. The number of rotatable bonds is 6. The number of nitrogens with one attached hydrogen (secondary N) is 1. The lowest BCUT2D eigenvalue weighted by atomic mass is 9.90. The second-order valence-corrected chi connectivity index (χ2v) is 6.05. The predicted octanol–water partition coefficient (Wildman–Crippen LogP) is 2.41. The summed E-state index contributed by atoms with van der Waals surface area (Å²) in [6.07, 6.45) is 11.1. The number of ether oxygens (including phenoxy) is 1. The van der Waals surface area contributed by atoms with Gasteiger partial charge < -0.3 is 15.0 Å². The van der Waals surface area contributed by atoms with Crippen LogP contribution >= 0.6 is 0 Å². The summed E-state index contributed by atoms with van der Waals surface area (Å²) in [5.74, 6) is 0. The average molecular weight is 254 g/mol. The Morgan fingerprint density at radius 2 is 1.94 bits per heavy atom. The van der Waals surface area contributed by atoms with Crippen molar-refractivity contribution in [1.82, 2.24) is 10.2 Å². The standard InChI is InChI=1S/C15H30N2O/c1-16-13-7-9-14(10-8-13)17(2)11-3-5-15-6-4-12-18-15/h13-16H,3-12H2,1-2H3. The highest BCUT2D eigenvalue weighted by molar-refractivity contribution is 4.81. The largest absolute Gasteiger partial charge is 0.378 e. The minimum Gasteiger partial charge on any atom is -0.378 e. The van der Waals surface area contributed by atoms with Crippen molar-refractivity contribution in [2.24, 2.45) is 0 Å². The molecule has 3 heteroatoms. The molecule has 1 atom stereocenters. The average Bonchev–Trinajstić information content (AvgIpc) is 2.92. The van der Waals surface area contributed by atoms with Crippen LogP contribution < -0.4 is 5.32 Å². The van der Waals surface area contributed by atoms with E-state index in [1.807, 2.05) is 0 Å². The van der Waals surface area contributed by atoms with Crippen molar-refractivity contribution < 1.29 is 4.74 Å². The van der Waals surface area contributed by atoms with Crippen LogP contribution in [0.3, 0.4) is 0 Å². The second kappa shape index (κ2) is 7.46. The van der Waals surface area contributed by atoms with E-state index in [-0.39, 0.29) is 0 Å². The fourth-order valence-corrected chi connectivity index (χ4v) is 3.43. The van der Waals surface area contributed by atoms with Crippen LogP contribution in [0.5, 0.6) is 0 Å². The lowest BCUT2D eigenvalue weighted by molar-refractivity contribution is 0.0957. The van der Waals surface area contributed by atoms with Gasteiger partial charge in [0.1, 0.15) is 0 Å². The molecule has 2 fully saturated rings. The summed E-state index contributed by atoms with van der Waals surface area (Å²) in [5.41, 5.74) is 0. The zero-order chi connectivity index (χ0) is 12.8. The zero-order valence-corrected chi connectivity index (χ0v) is 12.2. The Labute approximate surface area is 112 Å². The van der Waals surface area contributed by atoms with E-state index in [1.54, 1.807) is 0 Å². The van der Waals surface area contributed by atoms with Crippen molar-refractivity contribution in [1.29, 1.82) is 0 Å². The molecule has 18 heavy (non-hydrogen) atoms. The molecule has 0 aromatic heterocycles. The van der Waals surface area contributed by atoms with Crippen LogP contribution in [0.1, 0.15) is 51.4 Å². The lowest BCUT2D eigenvalue weighted by Crippen LogP contribution is -2.40. The molecule has 0 aromatic carbocycles. The molecule has 1 aliphatic heterocycles. The fraction of sp³-hybridized carbons (Fsp3) is 1.00. The number of hydrogen-bond acceptors (Lipinski definition) is 3. The van der Waals surface area contributed by atoms with Crippen molar-refractivity contribution in [2.45, 2.75) is 69.6 Å². The van der Waals surface area contributed by atoms with Gasteiger partial charge in [0.05, 0.1) is 6.10 Å². The number of hydrogen-bond donors (Lipinski definition) is 1. The Kier molecular flexibility index (Phi) is 5.93. The Hall–Kier alpha value is -0.120. The first kappa shape index (κ1) is 14.3. The minimum absolute atomic E-state index is 0.568. The third-order valence-corrected chi connectivity index (χ3v) is 4.79. The normalized spacial score (nSPS) is 33.2. The highest BCUT2D eigenvalue weighted by Gasteiger charge is 2.23. The molecule has 1 heterocycles. The van der Waals surface area contributed by atoms with E-state index in [0.717, 1.165) is 18.7 Å². The molecule has 1 saturated heterocycles. The van der Waals surface area contributed by atoms with Gasteiger partial charge in [-0.3, -0.25) is 0 Å². The Balaban J connectivity index is 1.58. The van der Waals surface area contributed by atoms with E-state index in [2.05, 4.69) is 24.3 Å². The molecule has 0 amide bonds. The summed E-state index contributed by atoms with van der Waals surface area (Å²) in [4.78, 5) is 2.58. The molecule has 1 saturated carbocycles. The molecule has 2 rings (SSSR count). The summed E-state index contributed by atoms with van der Waals surface area (Å²) < 4.78 is 5.68. The van der Waals surface area contributed by atoms with E-state index < -0.39 is 0 Å². The Morgan fingerprint density at radius 3 is 2.56 bits per heavy atom. The van der Waals surface area contributed by atoms with Gasteiger partial charge in [0.25, 0.3) is 0 Å². The summed E-state index contributed by atoms with van der Waals surface area (Å²) in [7, 11) is 4.40. The maximum absolute atomic E-state index is 5.68. The fourth-order valence-electron chi connectivity index (χ4n) is 3.43. The van der Waals surface area contributed by atoms with Gasteiger partial charge in [-0.05, 0) is 72.0 Å². The summed E-state index contributed by atoms with van der Waals surface area (Å²) >= 11 is 0. The second-order valence-electron chi connectivity index (χ2n) is 6.05. The van der Waals surface area contributed by atoms with E-state index in [9.17, 15) is 0 Å². The molecular weight excluding hydrogens is 224 g/mol. The Bertz CT molecular complexity index is 221. The molecule has 0 bridgehead atoms. The summed E-state index contributed by atoms with van der Waals surface area (Å²) in [6.45, 7) is 2.24. The Morgan fingerprint density at radius 1 is 1.17 bits per heavy atom. The van der Waals surface area contributed by atoms with E-state index >= 15 is 0 Å². The van der Waals surface area contributed by atoms with E-state index in [0.29, 0.717) is 6.10 Å². The van der Waals surface area contributed by atoms with Crippen LogP contribution in [-0.2, 0) is 4.74 Å². The lowest BCUT2D eigenvalue weighted by Gasteiger charge is -2.34. The van der Waals surface area contributed by atoms with Gasteiger partial charge in [-0.15, -0.1) is 0 Å². The molecule has 1 unspecified atom stereocenters. The quantitative estimate of drug-likeness (QED) is 0.788. The molecule has 106 valence electrons. The van der Waals surface area contributed by atoms with Crippen LogP contribution in [0.15, 0.2) is 0 Å². The van der Waals surface area contributed by atoms with Crippen LogP contribution in [0.4, 0.5) is 0 Å². The molecule has 1 N–H and O–H groups in total. The van der Waals surface area contributed by atoms with Gasteiger partial charge >= 0.3 is 0 Å². The van der Waals surface area contributed by atoms with Gasteiger partial charge in [0.15, 0.2) is 0 Å². The van der Waals surface area contributed by atoms with Crippen molar-refractivity contribution >= 4 is 0 Å². The van der Waals surface area contributed by atoms with Crippen LogP contribution in [0.25, 0.3) is 0 Å². The molecule has 3 nitrogen and oxygen atoms in total. The van der Waals surface area contributed by atoms with Crippen LogP contribution in [0.2, 0.25) is 0 Å². The van der Waals surface area contributed by atoms with Gasteiger partial charge in [-0.2, -0.15) is 0 Å². The van der Waals surface area contributed by atoms with Gasteiger partial charge in [0, 0.05) is 18.7 Å². The van der Waals surface area contributed by atoms with Gasteiger partial charge in [-0.1, -0.05) is 0 Å². The first-order valence-corrected chi connectivity index (χ1v) is 7.78. The number of nitrogens with zero attached hydrogens (tertiary/aromatic N) is 1. The molecule has 2 aliphatic rings. The third-order valence-electron chi connectivity index (χ3n) is 4.79. The predicted molar refractivity (Wildman–Crippen MR) is 75.9 cm³/mol. The maximum atomic E-state index is 5.68. The summed E-state index contributed by atoms with van der Waals surface area (Å²) in [5, 5.41) is 3.41. The van der Waals surface area contributed by atoms with Crippen molar-refractivity contribution in [3.63, 3.8) is 0 Å². The zero-order valence-electron chi connectivity index (χ0n) is 12.2. The molecular formula is C15H30N2O. The topological polar surface area (TPSA) is 24.5 Å². The monoisotopic (exact) mass is 254 g/mol. The first-order valence-electron chi connectivity index (χ1n) is 7.78. The van der Waals surface area contributed by atoms with Crippen molar-refractivity contribution in [3.05, 3.63) is 0 Å². The smallest absolute Gasteiger partial charge is 0.0576 e. The highest BCUT2D eigenvalue weighted by Crippen LogP contribution is 2.23. The van der Waals surface area contributed by atoms with Gasteiger partial charge in [0.2, 0.25) is 0 Å². The first-order chi connectivity index (χ1) is 8.79. The third kappa shape index (κ3) is 4.22. The maximum Gasteiger partial charge on any atom is 0.0576 e. The SMILES string of the molecule is CNC1CCC(N(C)CCCC2CCCO2)CC1. The van der Waals surface area contributed by atoms with Crippen LogP contribution in [-0.4, -0.2) is 50.3 Å². The van der Waals surface area contributed by atoms with Crippen molar-refractivity contribution in [2.75, 3.05) is 27.2 Å². The van der Waals surface area contributed by atoms with E-state index in [4.69, 9.17) is 4.74 Å². The van der Waals surface area contributed by atoms with Crippen molar-refractivity contribution in [3.8, 4) is 0 Å². The minimum atomic E-state index is 0.568. The molecule has 0 radical (unpaired) electrons. The summed E-state index contributed by atoms with van der Waals surface area (Å²) in [6, 6.07) is 1.58.